The van der Waals surface area contributed by atoms with Crippen LogP contribution in [0.2, 0.25) is 0 Å². The third-order valence-corrected chi connectivity index (χ3v) is 12.7. The minimum atomic E-state index is -1.40. The number of esters is 1. The predicted molar refractivity (Wildman–Crippen MR) is 229 cm³/mol. The maximum Gasteiger partial charge on any atom is 0.408 e. The number of ether oxygens (including phenoxy) is 6. The molecule has 0 aliphatic carbocycles. The summed E-state index contributed by atoms with van der Waals surface area (Å²) in [6.45, 7) is 17.8. The number of hydrogen-bond donors (Lipinski definition) is 3. The molecule has 3 saturated heterocycles. The maximum atomic E-state index is 14.7. The van der Waals surface area contributed by atoms with E-state index in [0.29, 0.717) is 6.42 Å². The lowest BCUT2D eigenvalue weighted by Gasteiger charge is -2.48. The lowest BCUT2D eigenvalue weighted by atomic mass is 9.73. The van der Waals surface area contributed by atoms with Gasteiger partial charge in [0.25, 0.3) is 0 Å². The number of aromatic nitrogens is 1. The average molecular weight is 853 g/mol. The minimum absolute atomic E-state index is 0.0525. The van der Waals surface area contributed by atoms with E-state index in [0.717, 1.165) is 16.5 Å². The lowest BCUT2D eigenvalue weighted by Crippen LogP contribution is -2.61. The first-order chi connectivity index (χ1) is 28.7. The molecule has 5 rings (SSSR count). The quantitative estimate of drug-likeness (QED) is 0.186. The number of benzene rings is 1. The van der Waals surface area contributed by atoms with Gasteiger partial charge in [0, 0.05) is 41.4 Å². The van der Waals surface area contributed by atoms with Crippen LogP contribution in [0.5, 0.6) is 0 Å². The number of nitrogens with zero attached hydrogens (tertiary/aromatic N) is 2. The number of ketones is 1. The summed E-state index contributed by atoms with van der Waals surface area (Å²) in [6, 6.07) is 8.39. The highest BCUT2D eigenvalue weighted by atomic mass is 16.7. The molecule has 2 aromatic rings. The number of alkyl carbamates (subject to hydrolysis) is 2. The Morgan fingerprint density at radius 3 is 2.48 bits per heavy atom. The molecule has 338 valence electrons. The zero-order valence-corrected chi connectivity index (χ0v) is 37.9. The number of Topliss-reactive ketones (excluding diaryl/α,β-unsaturated/α-hetero) is 1. The number of fused-ring (bicyclic) bond motifs is 2. The first kappa shape index (κ1) is 47.9. The van der Waals surface area contributed by atoms with Gasteiger partial charge in [-0.3, -0.25) is 14.6 Å². The van der Waals surface area contributed by atoms with Crippen molar-refractivity contribution in [3.05, 3.63) is 48.2 Å². The molecule has 1 aromatic carbocycles. The zero-order chi connectivity index (χ0) is 45.0. The molecule has 15 heteroatoms. The Balaban J connectivity index is 1.64. The van der Waals surface area contributed by atoms with Crippen LogP contribution in [0.15, 0.2) is 42.6 Å². The first-order valence-corrected chi connectivity index (χ1v) is 21.7. The number of amides is 2. The standard InChI is InChI=1S/C46H68N4O11/c1-13-35-46(10)39(49-44(55)61-46)28(6)36(51)26(4)23-45(9,56-20-16-17-31-22-32-18-14-15-19-33(32)47-24-31)40(60-42-37(52)34(50(11)12)21-27(5)57-42)29(7)38(30(8)41(53)58-35)59-43(54)48-25(2)3/h14-19,22,24-30,34-35,37-40,42,52H,13,20-21,23H2,1-12H3,(H,48,54)(H,49,55)/b17-16+/t26-,27-,28+,29+,30-,34+,35?,37-,38?,39-,40-,42+,45-,46-/m1/s1. The summed E-state index contributed by atoms with van der Waals surface area (Å²) >= 11 is 0. The van der Waals surface area contributed by atoms with Crippen molar-refractivity contribution >= 4 is 40.9 Å². The normalized spacial score (nSPS) is 36.6. The number of cyclic esters (lactones) is 1. The van der Waals surface area contributed by atoms with Crippen molar-refractivity contribution in [2.75, 3.05) is 20.7 Å². The molecule has 61 heavy (non-hydrogen) atoms. The van der Waals surface area contributed by atoms with Gasteiger partial charge >= 0.3 is 18.2 Å². The molecule has 0 bridgehead atoms. The van der Waals surface area contributed by atoms with Gasteiger partial charge in [-0.05, 0) is 92.6 Å². The summed E-state index contributed by atoms with van der Waals surface area (Å²) in [5, 5.41) is 18.4. The van der Waals surface area contributed by atoms with Crippen LogP contribution >= 0.6 is 0 Å². The number of aliphatic hydroxyl groups is 1. The van der Waals surface area contributed by atoms with Crippen LogP contribution in [-0.4, -0.2) is 126 Å². The van der Waals surface area contributed by atoms with E-state index in [4.69, 9.17) is 28.4 Å². The van der Waals surface area contributed by atoms with Gasteiger partial charge in [-0.2, -0.15) is 0 Å². The molecular formula is C46H68N4O11. The molecule has 0 radical (unpaired) electrons. The van der Waals surface area contributed by atoms with E-state index < -0.39 is 89.8 Å². The highest BCUT2D eigenvalue weighted by Gasteiger charge is 2.57. The number of hydrogen-bond acceptors (Lipinski definition) is 13. The molecule has 3 aliphatic rings. The minimum Gasteiger partial charge on any atom is -0.458 e. The highest BCUT2D eigenvalue weighted by Crippen LogP contribution is 2.42. The second-order valence-electron chi connectivity index (χ2n) is 18.3. The lowest BCUT2D eigenvalue weighted by molar-refractivity contribution is -0.302. The first-order valence-electron chi connectivity index (χ1n) is 21.7. The van der Waals surface area contributed by atoms with Crippen LogP contribution in [0, 0.1) is 23.7 Å². The molecule has 0 saturated carbocycles. The van der Waals surface area contributed by atoms with Gasteiger partial charge in [0.2, 0.25) is 0 Å². The van der Waals surface area contributed by atoms with Gasteiger partial charge in [-0.15, -0.1) is 0 Å². The molecule has 1 aromatic heterocycles. The van der Waals surface area contributed by atoms with Crippen LogP contribution < -0.4 is 10.6 Å². The Morgan fingerprint density at radius 2 is 1.80 bits per heavy atom. The van der Waals surface area contributed by atoms with E-state index >= 15 is 0 Å². The molecular weight excluding hydrogens is 785 g/mol. The highest BCUT2D eigenvalue weighted by molar-refractivity contribution is 5.85. The Kier molecular flexibility index (Phi) is 15.6. The summed E-state index contributed by atoms with van der Waals surface area (Å²) in [6.07, 6.45) is -0.874. The maximum absolute atomic E-state index is 14.7. The van der Waals surface area contributed by atoms with Crippen molar-refractivity contribution < 1.29 is 52.7 Å². The fourth-order valence-corrected chi connectivity index (χ4v) is 9.47. The van der Waals surface area contributed by atoms with Gasteiger partial charge in [0.05, 0.1) is 41.9 Å². The summed E-state index contributed by atoms with van der Waals surface area (Å²) in [4.78, 5) is 62.0. The summed E-state index contributed by atoms with van der Waals surface area (Å²) < 4.78 is 38.4. The number of carbonyl (C=O) groups is 4. The SMILES string of the molecule is CCC1OC(=O)[C@H](C)C(OC(=O)NC(C)C)[C@H](C)[C@@H](O[C@@H]2O[C@H](C)C[C@H](N(C)C)[C@H]2O)[C@](C)(OC/C=C/c2cnc3ccccc3c2)C[C@@H](C)C(=O)[C@H](C)[C@H]2NC(=O)O[C@]12C. The van der Waals surface area contributed by atoms with Crippen molar-refractivity contribution in [3.63, 3.8) is 0 Å². The third kappa shape index (κ3) is 10.9. The van der Waals surface area contributed by atoms with Crippen LogP contribution in [0.4, 0.5) is 9.59 Å². The molecule has 3 N–H and O–H groups in total. The molecule has 4 heterocycles. The average Bonchev–Trinajstić information content (AvgIpc) is 3.52. The number of para-hydroxylation sites is 1. The summed E-state index contributed by atoms with van der Waals surface area (Å²) in [5.41, 5.74) is -1.05. The van der Waals surface area contributed by atoms with Gasteiger partial charge in [0.15, 0.2) is 11.9 Å². The predicted octanol–water partition coefficient (Wildman–Crippen LogP) is 6.04. The fourth-order valence-electron chi connectivity index (χ4n) is 9.47. The monoisotopic (exact) mass is 852 g/mol. The molecule has 3 fully saturated rings. The Morgan fingerprint density at radius 1 is 1.10 bits per heavy atom. The Labute approximate surface area is 360 Å². The summed E-state index contributed by atoms with van der Waals surface area (Å²) in [5.74, 6) is -4.30. The molecule has 0 spiro atoms. The molecule has 2 unspecified atom stereocenters. The molecule has 15 nitrogen and oxygen atoms in total. The van der Waals surface area contributed by atoms with E-state index in [-0.39, 0.29) is 43.4 Å². The van der Waals surface area contributed by atoms with E-state index in [1.165, 1.54) is 0 Å². The van der Waals surface area contributed by atoms with Crippen LogP contribution in [-0.2, 0) is 38.0 Å². The number of rotatable bonds is 10. The number of likely N-dealkylation sites (N-methyl/N-ethyl adjacent to an activating group) is 1. The largest absolute Gasteiger partial charge is 0.458 e. The van der Waals surface area contributed by atoms with Crippen molar-refractivity contribution in [2.45, 2.75) is 155 Å². The Bertz CT molecular complexity index is 1890. The van der Waals surface area contributed by atoms with Crippen molar-refractivity contribution in [1.82, 2.24) is 20.5 Å². The second kappa shape index (κ2) is 19.9. The molecule has 14 atom stereocenters. The van der Waals surface area contributed by atoms with Gasteiger partial charge in [0.1, 0.15) is 24.1 Å². The van der Waals surface area contributed by atoms with Crippen molar-refractivity contribution in [2.24, 2.45) is 23.7 Å². The van der Waals surface area contributed by atoms with Gasteiger partial charge < -0.3 is 49.1 Å². The number of carbonyl (C=O) groups excluding carboxylic acids is 4. The number of pyridine rings is 1. The smallest absolute Gasteiger partial charge is 0.408 e. The van der Waals surface area contributed by atoms with E-state index in [1.54, 1.807) is 61.6 Å². The Hall–Kier alpha value is -4.15. The van der Waals surface area contributed by atoms with Crippen molar-refractivity contribution in [3.8, 4) is 0 Å². The number of aliphatic hydroxyl groups excluding tert-OH is 1. The zero-order valence-electron chi connectivity index (χ0n) is 37.9. The topological polar surface area (TPSA) is 184 Å². The van der Waals surface area contributed by atoms with Crippen molar-refractivity contribution in [1.29, 1.82) is 0 Å². The fraction of sp³-hybridized carbons (Fsp3) is 0.674. The summed E-state index contributed by atoms with van der Waals surface area (Å²) in [7, 11) is 3.76. The van der Waals surface area contributed by atoms with E-state index in [2.05, 4.69) is 15.6 Å². The van der Waals surface area contributed by atoms with E-state index in [1.807, 2.05) is 75.3 Å². The second-order valence-corrected chi connectivity index (χ2v) is 18.3. The van der Waals surface area contributed by atoms with Gasteiger partial charge in [-0.25, -0.2) is 9.59 Å². The van der Waals surface area contributed by atoms with Crippen LogP contribution in [0.25, 0.3) is 17.0 Å². The van der Waals surface area contributed by atoms with Crippen LogP contribution in [0.3, 0.4) is 0 Å². The van der Waals surface area contributed by atoms with Gasteiger partial charge in [-0.1, -0.05) is 58.0 Å². The number of nitrogens with one attached hydrogen (secondary N) is 2. The third-order valence-electron chi connectivity index (χ3n) is 12.7. The van der Waals surface area contributed by atoms with Crippen LogP contribution in [0.1, 0.15) is 94.1 Å². The van der Waals surface area contributed by atoms with E-state index in [9.17, 15) is 24.3 Å². The molecule has 3 aliphatic heterocycles. The molecule has 2 amide bonds.